The van der Waals surface area contributed by atoms with Crippen LogP contribution in [0.5, 0.6) is 17.2 Å². The highest BCUT2D eigenvalue weighted by atomic mass is 32.2. The lowest BCUT2D eigenvalue weighted by Gasteiger charge is -2.31. The zero-order valence-corrected chi connectivity index (χ0v) is 15.1. The highest BCUT2D eigenvalue weighted by molar-refractivity contribution is 7.92. The van der Waals surface area contributed by atoms with Gasteiger partial charge >= 0.3 is 0 Å². The van der Waals surface area contributed by atoms with Gasteiger partial charge in [-0.1, -0.05) is 0 Å². The number of rotatable bonds is 5. The minimum atomic E-state index is -3.74. The van der Waals surface area contributed by atoms with Crippen LogP contribution in [0.1, 0.15) is 0 Å². The minimum absolute atomic E-state index is 0.147. The van der Waals surface area contributed by atoms with E-state index in [2.05, 4.69) is 5.32 Å². The summed E-state index contributed by atoms with van der Waals surface area (Å²) < 4.78 is 43.3. The molecule has 0 radical (unpaired) electrons. The molecular weight excluding hydrogens is 344 g/mol. The summed E-state index contributed by atoms with van der Waals surface area (Å²) in [4.78, 5) is 0.147. The van der Waals surface area contributed by atoms with Crippen molar-refractivity contribution in [3.63, 3.8) is 0 Å². The van der Waals surface area contributed by atoms with E-state index in [4.69, 9.17) is 14.2 Å². The quantitative estimate of drug-likeness (QED) is 0.877. The normalized spacial score (nSPS) is 13.6. The maximum atomic E-state index is 13.1. The van der Waals surface area contributed by atoms with Crippen molar-refractivity contribution in [3.8, 4) is 17.2 Å². The van der Waals surface area contributed by atoms with Gasteiger partial charge in [0, 0.05) is 18.7 Å². The van der Waals surface area contributed by atoms with Crippen molar-refractivity contribution in [3.05, 3.63) is 36.4 Å². The van der Waals surface area contributed by atoms with Gasteiger partial charge in [0.15, 0.2) is 11.5 Å². The van der Waals surface area contributed by atoms with Crippen LogP contribution < -0.4 is 23.8 Å². The van der Waals surface area contributed by atoms with Gasteiger partial charge in [0.1, 0.15) is 5.75 Å². The van der Waals surface area contributed by atoms with Crippen molar-refractivity contribution in [2.45, 2.75) is 4.90 Å². The molecule has 3 rings (SSSR count). The van der Waals surface area contributed by atoms with E-state index in [-0.39, 0.29) is 4.90 Å². The van der Waals surface area contributed by atoms with Crippen LogP contribution in [-0.2, 0) is 10.0 Å². The summed E-state index contributed by atoms with van der Waals surface area (Å²) in [6.07, 6.45) is 0. The van der Waals surface area contributed by atoms with Gasteiger partial charge in [0.25, 0.3) is 10.0 Å². The highest BCUT2D eigenvalue weighted by Gasteiger charge is 2.30. The number of sulfonamides is 1. The molecule has 0 aliphatic carbocycles. The fraction of sp³-hybridized carbons (Fsp3) is 0.294. The van der Waals surface area contributed by atoms with Gasteiger partial charge in [-0.2, -0.15) is 0 Å². The molecule has 7 nitrogen and oxygen atoms in total. The molecule has 0 bridgehead atoms. The molecule has 1 heterocycles. The summed E-state index contributed by atoms with van der Waals surface area (Å²) in [5.41, 5.74) is 1.30. The van der Waals surface area contributed by atoms with E-state index in [1.54, 1.807) is 31.4 Å². The zero-order chi connectivity index (χ0) is 18.0. The van der Waals surface area contributed by atoms with Crippen LogP contribution in [-0.4, -0.2) is 42.8 Å². The molecule has 0 amide bonds. The molecule has 0 atom stereocenters. The van der Waals surface area contributed by atoms with Gasteiger partial charge < -0.3 is 19.5 Å². The number of benzene rings is 2. The van der Waals surface area contributed by atoms with E-state index < -0.39 is 10.0 Å². The first-order chi connectivity index (χ1) is 12.0. The number of nitrogens with zero attached hydrogens (tertiary/aromatic N) is 1. The third kappa shape index (κ3) is 3.05. The Bertz CT molecular complexity index is 883. The molecule has 8 heteroatoms. The Hall–Kier alpha value is -2.61. The third-order valence-electron chi connectivity index (χ3n) is 4.05. The lowest BCUT2D eigenvalue weighted by Crippen LogP contribution is -2.38. The molecular formula is C17H20N2O5S. The number of anilines is 2. The Kier molecular flexibility index (Phi) is 4.63. The van der Waals surface area contributed by atoms with Crippen LogP contribution in [0.2, 0.25) is 0 Å². The molecule has 0 saturated heterocycles. The maximum Gasteiger partial charge on any atom is 0.264 e. The third-order valence-corrected chi connectivity index (χ3v) is 5.85. The number of hydrogen-bond donors (Lipinski definition) is 1. The zero-order valence-electron chi connectivity index (χ0n) is 14.3. The predicted octanol–water partition coefficient (Wildman–Crippen LogP) is 2.33. The molecule has 25 heavy (non-hydrogen) atoms. The average molecular weight is 364 g/mol. The molecule has 2 aromatic rings. The van der Waals surface area contributed by atoms with Crippen LogP contribution in [0, 0.1) is 0 Å². The monoisotopic (exact) mass is 364 g/mol. The molecule has 0 aromatic heterocycles. The highest BCUT2D eigenvalue weighted by Crippen LogP contribution is 2.37. The van der Waals surface area contributed by atoms with E-state index in [1.165, 1.54) is 30.7 Å². The first-order valence-corrected chi connectivity index (χ1v) is 9.12. The summed E-state index contributed by atoms with van der Waals surface area (Å²) in [7, 11) is 0.815. The Balaban J connectivity index is 2.05. The Morgan fingerprint density at radius 3 is 2.40 bits per heavy atom. The summed E-state index contributed by atoms with van der Waals surface area (Å²) in [5.74, 6) is 1.51. The lowest BCUT2D eigenvalue weighted by molar-refractivity contribution is 0.354. The Morgan fingerprint density at radius 1 is 0.960 bits per heavy atom. The summed E-state index contributed by atoms with van der Waals surface area (Å²) in [6, 6.07) is 9.83. The van der Waals surface area contributed by atoms with E-state index in [0.29, 0.717) is 36.0 Å². The standard InChI is InChI=1S/C17H20N2O5S/c1-22-12-4-6-15-14(10-12)18-8-9-19(15)25(20,21)13-5-7-16(23-2)17(11-13)24-3/h4-7,10-11,18H,8-9H2,1-3H3. The van der Waals surface area contributed by atoms with Crippen LogP contribution in [0.15, 0.2) is 41.3 Å². The fourth-order valence-corrected chi connectivity index (χ4v) is 4.27. The van der Waals surface area contributed by atoms with Crippen molar-refractivity contribution in [2.75, 3.05) is 44.0 Å². The first kappa shape index (κ1) is 17.2. The second-order valence-electron chi connectivity index (χ2n) is 5.40. The van der Waals surface area contributed by atoms with Crippen LogP contribution in [0.4, 0.5) is 11.4 Å². The van der Waals surface area contributed by atoms with E-state index in [1.807, 2.05) is 0 Å². The fourth-order valence-electron chi connectivity index (χ4n) is 2.77. The van der Waals surface area contributed by atoms with Gasteiger partial charge in [-0.05, 0) is 24.3 Å². The average Bonchev–Trinajstić information content (AvgIpc) is 2.66. The number of nitrogens with one attached hydrogen (secondary N) is 1. The summed E-state index contributed by atoms with van der Waals surface area (Å²) in [6.45, 7) is 0.836. The Morgan fingerprint density at radius 2 is 1.72 bits per heavy atom. The molecule has 1 aliphatic heterocycles. The van der Waals surface area contributed by atoms with Gasteiger partial charge in [-0.3, -0.25) is 4.31 Å². The number of fused-ring (bicyclic) bond motifs is 1. The van der Waals surface area contributed by atoms with Gasteiger partial charge in [0.2, 0.25) is 0 Å². The molecule has 134 valence electrons. The minimum Gasteiger partial charge on any atom is -0.497 e. The van der Waals surface area contributed by atoms with Crippen molar-refractivity contribution in [2.24, 2.45) is 0 Å². The van der Waals surface area contributed by atoms with Crippen molar-refractivity contribution in [1.82, 2.24) is 0 Å². The number of ether oxygens (including phenoxy) is 3. The van der Waals surface area contributed by atoms with Crippen LogP contribution in [0.3, 0.4) is 0 Å². The molecule has 1 aliphatic rings. The van der Waals surface area contributed by atoms with Gasteiger partial charge in [0.05, 0.1) is 44.1 Å². The molecule has 1 N–H and O–H groups in total. The Labute approximate surface area is 147 Å². The second kappa shape index (κ2) is 6.72. The molecule has 0 unspecified atom stereocenters. The van der Waals surface area contributed by atoms with Gasteiger partial charge in [-0.25, -0.2) is 8.42 Å². The number of methoxy groups -OCH3 is 3. The lowest BCUT2D eigenvalue weighted by atomic mass is 10.2. The first-order valence-electron chi connectivity index (χ1n) is 7.68. The number of hydrogen-bond acceptors (Lipinski definition) is 6. The molecule has 0 fully saturated rings. The molecule has 0 saturated carbocycles. The predicted molar refractivity (Wildman–Crippen MR) is 95.6 cm³/mol. The van der Waals surface area contributed by atoms with E-state index in [0.717, 1.165) is 5.69 Å². The molecule has 0 spiro atoms. The van der Waals surface area contributed by atoms with E-state index in [9.17, 15) is 8.42 Å². The van der Waals surface area contributed by atoms with Crippen LogP contribution in [0.25, 0.3) is 0 Å². The van der Waals surface area contributed by atoms with Crippen LogP contribution >= 0.6 is 0 Å². The van der Waals surface area contributed by atoms with Crippen molar-refractivity contribution < 1.29 is 22.6 Å². The van der Waals surface area contributed by atoms with E-state index >= 15 is 0 Å². The largest absolute Gasteiger partial charge is 0.497 e. The summed E-state index contributed by atoms with van der Waals surface area (Å²) in [5, 5.41) is 3.20. The van der Waals surface area contributed by atoms with Gasteiger partial charge in [-0.15, -0.1) is 0 Å². The SMILES string of the molecule is COc1ccc2c(c1)NCCN2S(=O)(=O)c1ccc(OC)c(OC)c1. The smallest absolute Gasteiger partial charge is 0.264 e. The summed E-state index contributed by atoms with van der Waals surface area (Å²) >= 11 is 0. The van der Waals surface area contributed by atoms with Crippen molar-refractivity contribution in [1.29, 1.82) is 0 Å². The molecule has 2 aromatic carbocycles. The maximum absolute atomic E-state index is 13.1. The topological polar surface area (TPSA) is 77.1 Å². The second-order valence-corrected chi connectivity index (χ2v) is 7.27. The van der Waals surface area contributed by atoms with Crippen molar-refractivity contribution >= 4 is 21.4 Å².